The first-order valence-electron chi connectivity index (χ1n) is 8.74. The van der Waals surface area contributed by atoms with E-state index in [-0.39, 0.29) is 36.1 Å². The zero-order valence-corrected chi connectivity index (χ0v) is 17.8. The van der Waals surface area contributed by atoms with Crippen LogP contribution in [-0.4, -0.2) is 45.5 Å². The molecule has 1 aliphatic rings. The van der Waals surface area contributed by atoms with Gasteiger partial charge in [0.2, 0.25) is 0 Å². The van der Waals surface area contributed by atoms with Crippen molar-refractivity contribution in [2.24, 2.45) is 4.99 Å². The lowest BCUT2D eigenvalue weighted by molar-refractivity contribution is -0.137. The molecule has 2 rings (SSSR count). The second kappa shape index (κ2) is 11.7. The molecule has 0 aliphatic carbocycles. The molecule has 1 aromatic carbocycles. The van der Waals surface area contributed by atoms with E-state index in [1.54, 1.807) is 20.0 Å². The van der Waals surface area contributed by atoms with Crippen LogP contribution in [0.2, 0.25) is 0 Å². The average molecular weight is 501 g/mol. The Labute approximate surface area is 175 Å². The molecule has 27 heavy (non-hydrogen) atoms. The Bertz CT molecular complexity index is 593. The molecule has 5 nitrogen and oxygen atoms in total. The quantitative estimate of drug-likeness (QED) is 0.259. The number of ether oxygens (including phenoxy) is 2. The van der Waals surface area contributed by atoms with Gasteiger partial charge in [-0.3, -0.25) is 4.99 Å². The summed E-state index contributed by atoms with van der Waals surface area (Å²) < 4.78 is 49.5. The van der Waals surface area contributed by atoms with Crippen molar-refractivity contribution in [3.63, 3.8) is 0 Å². The smallest absolute Gasteiger partial charge is 0.377 e. The zero-order valence-electron chi connectivity index (χ0n) is 15.5. The maximum absolute atomic E-state index is 12.8. The van der Waals surface area contributed by atoms with E-state index in [0.29, 0.717) is 31.3 Å². The first kappa shape index (κ1) is 24.0. The Morgan fingerprint density at radius 1 is 1.41 bits per heavy atom. The Balaban J connectivity index is 0.00000364. The molecule has 0 aromatic heterocycles. The number of hydrogen-bond acceptors (Lipinski definition) is 3. The van der Waals surface area contributed by atoms with E-state index in [2.05, 4.69) is 15.6 Å². The molecular formula is C18H27F3IN3O2. The van der Waals surface area contributed by atoms with Crippen LogP contribution in [0.25, 0.3) is 0 Å². The van der Waals surface area contributed by atoms with Crippen molar-refractivity contribution in [3.8, 4) is 0 Å². The number of hydrogen-bond donors (Lipinski definition) is 2. The number of nitrogens with zero attached hydrogens (tertiary/aromatic N) is 1. The van der Waals surface area contributed by atoms with E-state index in [1.165, 1.54) is 6.07 Å². The SMILES string of the molecule is CN=C(NCCOCC1CCCO1)NC(C)c1cccc(C(F)(F)F)c1.I. The minimum atomic E-state index is -4.35. The fourth-order valence-corrected chi connectivity index (χ4v) is 2.70. The van der Waals surface area contributed by atoms with Gasteiger partial charge in [0.25, 0.3) is 0 Å². The average Bonchev–Trinajstić information content (AvgIpc) is 3.13. The Morgan fingerprint density at radius 2 is 2.19 bits per heavy atom. The molecular weight excluding hydrogens is 474 g/mol. The molecule has 1 heterocycles. The highest BCUT2D eigenvalue weighted by Crippen LogP contribution is 2.30. The normalized spacial score (nSPS) is 18.7. The van der Waals surface area contributed by atoms with Crippen LogP contribution in [0, 0.1) is 0 Å². The molecule has 154 valence electrons. The molecule has 9 heteroatoms. The summed E-state index contributed by atoms with van der Waals surface area (Å²) in [5, 5.41) is 6.18. The zero-order chi connectivity index (χ0) is 19.0. The van der Waals surface area contributed by atoms with Crippen molar-refractivity contribution in [3.05, 3.63) is 35.4 Å². The monoisotopic (exact) mass is 501 g/mol. The van der Waals surface area contributed by atoms with Crippen LogP contribution < -0.4 is 10.6 Å². The third-order valence-corrected chi connectivity index (χ3v) is 4.16. The highest BCUT2D eigenvalue weighted by atomic mass is 127. The van der Waals surface area contributed by atoms with Crippen LogP contribution in [0.3, 0.4) is 0 Å². The number of halogens is 4. The van der Waals surface area contributed by atoms with E-state index in [0.717, 1.165) is 31.6 Å². The van der Waals surface area contributed by atoms with Crippen LogP contribution in [0.15, 0.2) is 29.3 Å². The van der Waals surface area contributed by atoms with Crippen LogP contribution in [0.1, 0.15) is 36.9 Å². The fraction of sp³-hybridized carbons (Fsp3) is 0.611. The largest absolute Gasteiger partial charge is 0.416 e. The van der Waals surface area contributed by atoms with Crippen LogP contribution in [0.5, 0.6) is 0 Å². The van der Waals surface area contributed by atoms with Gasteiger partial charge in [-0.2, -0.15) is 13.2 Å². The molecule has 0 bridgehead atoms. The van der Waals surface area contributed by atoms with Gasteiger partial charge < -0.3 is 20.1 Å². The lowest BCUT2D eigenvalue weighted by atomic mass is 10.1. The number of aliphatic imine (C=N–C) groups is 1. The highest BCUT2D eigenvalue weighted by Gasteiger charge is 2.30. The minimum Gasteiger partial charge on any atom is -0.377 e. The van der Waals surface area contributed by atoms with Gasteiger partial charge in [-0.15, -0.1) is 24.0 Å². The first-order valence-corrected chi connectivity index (χ1v) is 8.74. The van der Waals surface area contributed by atoms with Gasteiger partial charge in [-0.1, -0.05) is 12.1 Å². The summed E-state index contributed by atoms with van der Waals surface area (Å²) in [6.07, 6.45) is -2.05. The summed E-state index contributed by atoms with van der Waals surface area (Å²) in [6.45, 7) is 4.21. The molecule has 2 unspecified atom stereocenters. The van der Waals surface area contributed by atoms with Crippen molar-refractivity contribution >= 4 is 29.9 Å². The highest BCUT2D eigenvalue weighted by molar-refractivity contribution is 14.0. The standard InChI is InChI=1S/C18H26F3N3O2.HI/c1-13(14-5-3-6-15(11-14)18(19,20)21)24-17(22-2)23-8-10-25-12-16-7-4-9-26-16;/h3,5-6,11,13,16H,4,7-10,12H2,1-2H3,(H2,22,23,24);1H. The van der Waals surface area contributed by atoms with Gasteiger partial charge in [-0.05, 0) is 37.5 Å². The van der Waals surface area contributed by atoms with Crippen LogP contribution in [0.4, 0.5) is 13.2 Å². The van der Waals surface area contributed by atoms with E-state index in [1.807, 2.05) is 0 Å². The summed E-state index contributed by atoms with van der Waals surface area (Å²) in [6, 6.07) is 4.96. The third kappa shape index (κ3) is 8.22. The lowest BCUT2D eigenvalue weighted by Gasteiger charge is -2.19. The second-order valence-corrected chi connectivity index (χ2v) is 6.20. The summed E-state index contributed by atoms with van der Waals surface area (Å²) in [5.74, 6) is 0.510. The number of guanidine groups is 1. The Morgan fingerprint density at radius 3 is 2.81 bits per heavy atom. The summed E-state index contributed by atoms with van der Waals surface area (Å²) in [5.41, 5.74) is -0.119. The molecule has 2 N–H and O–H groups in total. The van der Waals surface area contributed by atoms with Gasteiger partial charge in [-0.25, -0.2) is 0 Å². The van der Waals surface area contributed by atoms with Crippen molar-refractivity contribution < 1.29 is 22.6 Å². The topological polar surface area (TPSA) is 54.9 Å². The minimum absolute atomic E-state index is 0. The number of nitrogens with one attached hydrogen (secondary N) is 2. The molecule has 2 atom stereocenters. The van der Waals surface area contributed by atoms with Crippen molar-refractivity contribution in [1.82, 2.24) is 10.6 Å². The van der Waals surface area contributed by atoms with Crippen molar-refractivity contribution in [2.75, 3.05) is 33.4 Å². The van der Waals surface area contributed by atoms with Gasteiger partial charge in [0.05, 0.1) is 30.9 Å². The molecule has 1 fully saturated rings. The van der Waals surface area contributed by atoms with E-state index >= 15 is 0 Å². The number of alkyl halides is 3. The summed E-state index contributed by atoms with van der Waals surface area (Å²) in [7, 11) is 1.61. The number of rotatable bonds is 7. The van der Waals surface area contributed by atoms with E-state index in [9.17, 15) is 13.2 Å². The Kier molecular flexibility index (Phi) is 10.4. The molecule has 0 radical (unpaired) electrons. The molecule has 0 spiro atoms. The predicted octanol–water partition coefficient (Wildman–Crippen LogP) is 3.75. The maximum Gasteiger partial charge on any atom is 0.416 e. The van der Waals surface area contributed by atoms with Crippen LogP contribution >= 0.6 is 24.0 Å². The molecule has 0 amide bonds. The predicted molar refractivity (Wildman–Crippen MR) is 110 cm³/mol. The van der Waals surface area contributed by atoms with Crippen molar-refractivity contribution in [1.29, 1.82) is 0 Å². The summed E-state index contributed by atoms with van der Waals surface area (Å²) in [4.78, 5) is 4.09. The van der Waals surface area contributed by atoms with Crippen molar-refractivity contribution in [2.45, 2.75) is 38.1 Å². The lowest BCUT2D eigenvalue weighted by Crippen LogP contribution is -2.40. The van der Waals surface area contributed by atoms with Gasteiger partial charge in [0.1, 0.15) is 0 Å². The first-order chi connectivity index (χ1) is 12.4. The van der Waals surface area contributed by atoms with E-state index in [4.69, 9.17) is 9.47 Å². The molecule has 1 aliphatic heterocycles. The summed E-state index contributed by atoms with van der Waals surface area (Å²) >= 11 is 0. The fourth-order valence-electron chi connectivity index (χ4n) is 2.70. The van der Waals surface area contributed by atoms with Gasteiger partial charge in [0.15, 0.2) is 5.96 Å². The maximum atomic E-state index is 12.8. The third-order valence-electron chi connectivity index (χ3n) is 4.16. The molecule has 1 aromatic rings. The Hall–Kier alpha value is -1.07. The molecule has 1 saturated heterocycles. The van der Waals surface area contributed by atoms with Gasteiger partial charge >= 0.3 is 6.18 Å². The molecule has 0 saturated carbocycles. The van der Waals surface area contributed by atoms with Crippen LogP contribution in [-0.2, 0) is 15.7 Å². The van der Waals surface area contributed by atoms with E-state index < -0.39 is 11.7 Å². The second-order valence-electron chi connectivity index (χ2n) is 6.20. The van der Waals surface area contributed by atoms with Gasteiger partial charge in [0, 0.05) is 20.2 Å². The number of benzene rings is 1.